The summed E-state index contributed by atoms with van der Waals surface area (Å²) in [7, 11) is 0. The second-order valence-corrected chi connectivity index (χ2v) is 7.39. The van der Waals surface area contributed by atoms with Crippen molar-refractivity contribution in [2.24, 2.45) is 5.41 Å². The van der Waals surface area contributed by atoms with Crippen molar-refractivity contribution in [2.45, 2.75) is 57.0 Å². The Morgan fingerprint density at radius 3 is 2.38 bits per heavy atom. The summed E-state index contributed by atoms with van der Waals surface area (Å²) < 4.78 is 0. The lowest BCUT2D eigenvalue weighted by molar-refractivity contribution is -0.129. The van der Waals surface area contributed by atoms with Gasteiger partial charge in [0.2, 0.25) is 0 Å². The molecule has 1 saturated carbocycles. The predicted molar refractivity (Wildman–Crippen MR) is 87.3 cm³/mol. The topological polar surface area (TPSA) is 15.3 Å². The Morgan fingerprint density at radius 1 is 0.952 bits per heavy atom. The molecule has 1 aliphatic carbocycles. The fraction of sp³-hybridized carbons (Fsp3) is 0.684. The molecule has 21 heavy (non-hydrogen) atoms. The molecule has 1 aromatic carbocycles. The van der Waals surface area contributed by atoms with Gasteiger partial charge in [-0.2, -0.15) is 0 Å². The van der Waals surface area contributed by atoms with Crippen molar-refractivity contribution < 1.29 is 0 Å². The van der Waals surface area contributed by atoms with Crippen LogP contribution in [0.2, 0.25) is 0 Å². The van der Waals surface area contributed by atoms with Crippen LogP contribution in [0, 0.1) is 5.41 Å². The van der Waals surface area contributed by atoms with Crippen molar-refractivity contribution >= 4 is 0 Å². The number of nitrogens with zero attached hydrogens (tertiary/aromatic N) is 1. The number of nitrogens with one attached hydrogen (secondary N) is 1. The predicted octanol–water partition coefficient (Wildman–Crippen LogP) is 3.75. The van der Waals surface area contributed by atoms with Gasteiger partial charge in [-0.3, -0.25) is 4.90 Å². The molecule has 2 heterocycles. The summed E-state index contributed by atoms with van der Waals surface area (Å²) in [6.45, 7) is 3.77. The van der Waals surface area contributed by atoms with E-state index in [1.165, 1.54) is 64.6 Å². The third kappa shape index (κ3) is 2.43. The molecule has 2 saturated heterocycles. The van der Waals surface area contributed by atoms with E-state index >= 15 is 0 Å². The average Bonchev–Trinajstić information content (AvgIpc) is 2.55. The van der Waals surface area contributed by atoms with Crippen LogP contribution in [0.15, 0.2) is 30.3 Å². The van der Waals surface area contributed by atoms with Gasteiger partial charge < -0.3 is 5.32 Å². The first kappa shape index (κ1) is 13.8. The van der Waals surface area contributed by atoms with E-state index in [0.29, 0.717) is 11.5 Å². The summed E-state index contributed by atoms with van der Waals surface area (Å²) in [6, 6.07) is 12.9. The van der Waals surface area contributed by atoms with E-state index < -0.39 is 0 Å². The molecule has 0 aromatic heterocycles. The summed E-state index contributed by atoms with van der Waals surface area (Å²) in [6.07, 6.45) is 9.92. The smallest absolute Gasteiger partial charge is 0.0419 e. The van der Waals surface area contributed by atoms with Crippen LogP contribution in [-0.4, -0.2) is 30.6 Å². The van der Waals surface area contributed by atoms with Gasteiger partial charge in [-0.05, 0) is 44.3 Å². The second kappa shape index (κ2) is 5.73. The number of benzene rings is 1. The summed E-state index contributed by atoms with van der Waals surface area (Å²) in [5.41, 5.74) is 2.17. The molecule has 1 N–H and O–H groups in total. The average molecular weight is 284 g/mol. The number of rotatable bonds is 2. The maximum atomic E-state index is 3.52. The van der Waals surface area contributed by atoms with Crippen molar-refractivity contribution in [2.75, 3.05) is 19.6 Å². The van der Waals surface area contributed by atoms with Crippen LogP contribution in [0.3, 0.4) is 0 Å². The van der Waals surface area contributed by atoms with Gasteiger partial charge in [0.25, 0.3) is 0 Å². The first-order valence-electron chi connectivity index (χ1n) is 8.90. The van der Waals surface area contributed by atoms with Gasteiger partial charge in [0, 0.05) is 24.0 Å². The van der Waals surface area contributed by atoms with Crippen LogP contribution in [0.5, 0.6) is 0 Å². The van der Waals surface area contributed by atoms with E-state index in [-0.39, 0.29) is 0 Å². The van der Waals surface area contributed by atoms with Crippen molar-refractivity contribution in [1.82, 2.24) is 10.2 Å². The Kier molecular flexibility index (Phi) is 3.76. The lowest BCUT2D eigenvalue weighted by atomic mass is 9.60. The molecule has 3 aliphatic rings. The molecule has 114 valence electrons. The molecule has 0 unspecified atom stereocenters. The van der Waals surface area contributed by atoms with Crippen molar-refractivity contribution in [3.8, 4) is 0 Å². The highest BCUT2D eigenvalue weighted by Crippen LogP contribution is 2.58. The fourth-order valence-electron chi connectivity index (χ4n) is 5.13. The van der Waals surface area contributed by atoms with Crippen molar-refractivity contribution in [3.05, 3.63) is 35.9 Å². The van der Waals surface area contributed by atoms with Gasteiger partial charge in [-0.15, -0.1) is 0 Å². The van der Waals surface area contributed by atoms with E-state index in [2.05, 4.69) is 40.5 Å². The molecule has 0 amide bonds. The van der Waals surface area contributed by atoms with E-state index in [9.17, 15) is 0 Å². The third-order valence-electron chi connectivity index (χ3n) is 6.15. The number of hydrogen-bond acceptors (Lipinski definition) is 2. The van der Waals surface area contributed by atoms with Crippen LogP contribution in [-0.2, 0) is 0 Å². The van der Waals surface area contributed by atoms with E-state index in [0.717, 1.165) is 6.04 Å². The van der Waals surface area contributed by atoms with Crippen molar-refractivity contribution in [1.29, 1.82) is 0 Å². The summed E-state index contributed by atoms with van der Waals surface area (Å²) >= 11 is 0. The van der Waals surface area contributed by atoms with E-state index in [4.69, 9.17) is 0 Å². The zero-order valence-corrected chi connectivity index (χ0v) is 13.1. The first-order chi connectivity index (χ1) is 10.4. The highest BCUT2D eigenvalue weighted by molar-refractivity contribution is 5.26. The third-order valence-corrected chi connectivity index (χ3v) is 6.15. The SMILES string of the molecule is c1ccc([C@@H]2N(C3CCNCC3)CC23CCCCC3)cc1. The summed E-state index contributed by atoms with van der Waals surface area (Å²) in [5, 5.41) is 3.52. The molecule has 1 atom stereocenters. The second-order valence-electron chi connectivity index (χ2n) is 7.39. The summed E-state index contributed by atoms with van der Waals surface area (Å²) in [4.78, 5) is 2.85. The molecule has 3 fully saturated rings. The Labute approximate surface area is 128 Å². The minimum atomic E-state index is 0.602. The minimum Gasteiger partial charge on any atom is -0.317 e. The summed E-state index contributed by atoms with van der Waals surface area (Å²) in [5.74, 6) is 0. The molecule has 2 aliphatic heterocycles. The molecule has 4 rings (SSSR count). The molecule has 0 radical (unpaired) electrons. The van der Waals surface area contributed by atoms with Crippen molar-refractivity contribution in [3.63, 3.8) is 0 Å². The number of hydrogen-bond donors (Lipinski definition) is 1. The molecular weight excluding hydrogens is 256 g/mol. The Hall–Kier alpha value is -0.860. The number of likely N-dealkylation sites (tertiary alicyclic amines) is 1. The molecule has 2 nitrogen and oxygen atoms in total. The Morgan fingerprint density at radius 2 is 1.67 bits per heavy atom. The lowest BCUT2D eigenvalue weighted by Crippen LogP contribution is -2.63. The van der Waals surface area contributed by atoms with Gasteiger partial charge in [0.05, 0.1) is 0 Å². The van der Waals surface area contributed by atoms with Crippen LogP contribution in [0.25, 0.3) is 0 Å². The van der Waals surface area contributed by atoms with Crippen LogP contribution in [0.4, 0.5) is 0 Å². The van der Waals surface area contributed by atoms with E-state index in [1.54, 1.807) is 5.56 Å². The normalized spacial score (nSPS) is 30.2. The Balaban J connectivity index is 1.60. The maximum Gasteiger partial charge on any atom is 0.0419 e. The van der Waals surface area contributed by atoms with Gasteiger partial charge in [-0.25, -0.2) is 0 Å². The molecular formula is C19H28N2. The largest absolute Gasteiger partial charge is 0.317 e. The lowest BCUT2D eigenvalue weighted by Gasteiger charge is -2.62. The molecule has 0 bridgehead atoms. The van der Waals surface area contributed by atoms with E-state index in [1.807, 2.05) is 0 Å². The minimum absolute atomic E-state index is 0.602. The maximum absolute atomic E-state index is 3.52. The molecule has 2 heteroatoms. The fourth-order valence-corrected chi connectivity index (χ4v) is 5.13. The molecule has 1 aromatic rings. The monoisotopic (exact) mass is 284 g/mol. The molecule has 1 spiro atoms. The van der Waals surface area contributed by atoms with Crippen LogP contribution in [0.1, 0.15) is 56.6 Å². The van der Waals surface area contributed by atoms with Gasteiger partial charge in [-0.1, -0.05) is 49.6 Å². The quantitative estimate of drug-likeness (QED) is 0.890. The first-order valence-corrected chi connectivity index (χ1v) is 8.90. The van der Waals surface area contributed by atoms with Crippen LogP contribution >= 0.6 is 0 Å². The van der Waals surface area contributed by atoms with Crippen LogP contribution < -0.4 is 5.32 Å². The highest BCUT2D eigenvalue weighted by atomic mass is 15.3. The number of piperidine rings is 1. The highest BCUT2D eigenvalue weighted by Gasteiger charge is 2.54. The zero-order valence-electron chi connectivity index (χ0n) is 13.1. The standard InChI is InChI=1S/C19H28N2/c1-3-7-16(8-4-1)18-19(11-5-2-6-12-19)15-21(18)17-9-13-20-14-10-17/h1,3-4,7-8,17-18,20H,2,5-6,9-15H2/t18-/m0/s1. The van der Waals surface area contributed by atoms with Gasteiger partial charge >= 0.3 is 0 Å². The zero-order chi connectivity index (χ0) is 14.1. The Bertz CT molecular complexity index is 458. The van der Waals surface area contributed by atoms with Gasteiger partial charge in [0.1, 0.15) is 0 Å². The van der Waals surface area contributed by atoms with Gasteiger partial charge in [0.15, 0.2) is 0 Å².